The Hall–Kier alpha value is -1.70. The molecule has 0 radical (unpaired) electrons. The smallest absolute Gasteiger partial charge is 0.409 e. The maximum atomic E-state index is 13.1. The highest BCUT2D eigenvalue weighted by molar-refractivity contribution is 7.92. The van der Waals surface area contributed by atoms with Crippen LogP contribution >= 0.6 is 0 Å². The van der Waals surface area contributed by atoms with E-state index in [9.17, 15) is 22.0 Å². The van der Waals surface area contributed by atoms with Gasteiger partial charge in [-0.15, -0.1) is 0 Å². The zero-order valence-electron chi connectivity index (χ0n) is 10.4. The van der Waals surface area contributed by atoms with E-state index >= 15 is 0 Å². The summed E-state index contributed by atoms with van der Waals surface area (Å²) >= 11 is 0. The Morgan fingerprint density at radius 2 is 2.10 bits per heavy atom. The molecule has 1 aromatic rings. The van der Waals surface area contributed by atoms with Crippen molar-refractivity contribution in [3.8, 4) is 5.75 Å². The van der Waals surface area contributed by atoms with Gasteiger partial charge in [0.15, 0.2) is 9.84 Å². The van der Waals surface area contributed by atoms with Gasteiger partial charge in [0.2, 0.25) is 5.92 Å². The molecule has 1 fully saturated rings. The third-order valence-corrected chi connectivity index (χ3v) is 5.34. The quantitative estimate of drug-likeness (QED) is 0.926. The Morgan fingerprint density at radius 1 is 1.40 bits per heavy atom. The number of primary amides is 1. The van der Waals surface area contributed by atoms with Crippen LogP contribution in [-0.2, 0) is 9.84 Å². The van der Waals surface area contributed by atoms with Crippen LogP contribution in [0.3, 0.4) is 0 Å². The van der Waals surface area contributed by atoms with Gasteiger partial charge in [-0.3, -0.25) is 0 Å². The van der Waals surface area contributed by atoms with Gasteiger partial charge in [-0.25, -0.2) is 22.0 Å². The fourth-order valence-corrected chi connectivity index (χ4v) is 4.02. The third-order valence-electron chi connectivity index (χ3n) is 3.15. The lowest BCUT2D eigenvalue weighted by atomic mass is 10.3. The van der Waals surface area contributed by atoms with Gasteiger partial charge in [0.05, 0.1) is 10.1 Å². The highest BCUT2D eigenvalue weighted by atomic mass is 32.2. The predicted octanol–water partition coefficient (Wildman–Crippen LogP) is 2.11. The van der Waals surface area contributed by atoms with E-state index in [1.165, 1.54) is 18.2 Å². The van der Waals surface area contributed by atoms with Gasteiger partial charge in [0.25, 0.3) is 0 Å². The minimum Gasteiger partial charge on any atom is -0.410 e. The Bertz CT molecular complexity index is 630. The molecule has 110 valence electrons. The number of sulfone groups is 1. The summed E-state index contributed by atoms with van der Waals surface area (Å²) in [6.07, 6.45) is -2.28. The first kappa shape index (κ1) is 14.7. The fourth-order valence-electron chi connectivity index (χ4n) is 2.20. The SMILES string of the molecule is NC(=O)Oc1cccc(S(=O)(=O)C2CCC(F)(F)C2)c1. The summed E-state index contributed by atoms with van der Waals surface area (Å²) < 4.78 is 55.4. The number of halogens is 2. The van der Waals surface area contributed by atoms with Crippen molar-refractivity contribution in [2.45, 2.75) is 35.3 Å². The van der Waals surface area contributed by atoms with Crippen LogP contribution in [0.15, 0.2) is 29.2 Å². The van der Waals surface area contributed by atoms with Gasteiger partial charge in [-0.2, -0.15) is 0 Å². The summed E-state index contributed by atoms with van der Waals surface area (Å²) in [5.74, 6) is -2.98. The largest absolute Gasteiger partial charge is 0.410 e. The van der Waals surface area contributed by atoms with E-state index in [4.69, 9.17) is 5.73 Å². The van der Waals surface area contributed by atoms with Crippen LogP contribution in [0, 0.1) is 0 Å². The number of amides is 1. The summed E-state index contributed by atoms with van der Waals surface area (Å²) in [7, 11) is -3.88. The molecule has 5 nitrogen and oxygen atoms in total. The lowest BCUT2D eigenvalue weighted by molar-refractivity contribution is 0.00955. The summed E-state index contributed by atoms with van der Waals surface area (Å²) in [5.41, 5.74) is 4.83. The number of benzene rings is 1. The first-order chi connectivity index (χ1) is 9.21. The van der Waals surface area contributed by atoms with Crippen molar-refractivity contribution < 1.29 is 26.7 Å². The number of nitrogens with two attached hydrogens (primary N) is 1. The van der Waals surface area contributed by atoms with Crippen molar-refractivity contribution in [1.82, 2.24) is 0 Å². The predicted molar refractivity (Wildman–Crippen MR) is 66.4 cm³/mol. The van der Waals surface area contributed by atoms with Gasteiger partial charge < -0.3 is 10.5 Å². The van der Waals surface area contributed by atoms with Gasteiger partial charge in [-0.05, 0) is 24.6 Å². The summed E-state index contributed by atoms with van der Waals surface area (Å²) in [6.45, 7) is 0. The summed E-state index contributed by atoms with van der Waals surface area (Å²) in [4.78, 5) is 10.5. The molecule has 1 aliphatic carbocycles. The number of ether oxygens (including phenoxy) is 1. The highest BCUT2D eigenvalue weighted by Gasteiger charge is 2.45. The Balaban J connectivity index is 2.28. The second-order valence-electron chi connectivity index (χ2n) is 4.66. The topological polar surface area (TPSA) is 86.5 Å². The average molecular weight is 305 g/mol. The highest BCUT2D eigenvalue weighted by Crippen LogP contribution is 2.40. The number of rotatable bonds is 3. The maximum absolute atomic E-state index is 13.1. The number of hydrogen-bond donors (Lipinski definition) is 1. The summed E-state index contributed by atoms with van der Waals surface area (Å²) in [6, 6.07) is 5.10. The molecule has 20 heavy (non-hydrogen) atoms. The van der Waals surface area contributed by atoms with Crippen molar-refractivity contribution in [2.24, 2.45) is 5.73 Å². The molecule has 2 N–H and O–H groups in total. The Kier molecular flexibility index (Phi) is 3.68. The number of carbonyl (C=O) groups is 1. The molecule has 1 aromatic carbocycles. The molecule has 0 aliphatic heterocycles. The molecule has 1 aliphatic rings. The van der Waals surface area contributed by atoms with E-state index in [0.717, 1.165) is 6.07 Å². The normalized spacial score (nSPS) is 21.6. The van der Waals surface area contributed by atoms with E-state index < -0.39 is 39.9 Å². The first-order valence-corrected chi connectivity index (χ1v) is 7.44. The summed E-state index contributed by atoms with van der Waals surface area (Å²) in [5, 5.41) is -1.12. The van der Waals surface area contributed by atoms with Crippen LogP contribution in [0.25, 0.3) is 0 Å². The minimum absolute atomic E-state index is 0.0386. The molecule has 1 atom stereocenters. The van der Waals surface area contributed by atoms with E-state index in [2.05, 4.69) is 4.74 Å². The second-order valence-corrected chi connectivity index (χ2v) is 6.89. The van der Waals surface area contributed by atoms with Gasteiger partial charge in [0, 0.05) is 12.8 Å². The molecule has 0 bridgehead atoms. The van der Waals surface area contributed by atoms with E-state index in [-0.39, 0.29) is 17.1 Å². The monoisotopic (exact) mass is 305 g/mol. The van der Waals surface area contributed by atoms with Gasteiger partial charge in [0.1, 0.15) is 5.75 Å². The Labute approximate surface area is 114 Å². The lowest BCUT2D eigenvalue weighted by Gasteiger charge is -2.12. The molecule has 0 spiro atoms. The van der Waals surface area contributed by atoms with Crippen molar-refractivity contribution >= 4 is 15.9 Å². The molecule has 1 amide bonds. The Morgan fingerprint density at radius 3 is 2.65 bits per heavy atom. The van der Waals surface area contributed by atoms with Crippen LogP contribution < -0.4 is 10.5 Å². The van der Waals surface area contributed by atoms with Crippen LogP contribution in [0.2, 0.25) is 0 Å². The first-order valence-electron chi connectivity index (χ1n) is 5.90. The minimum atomic E-state index is -3.88. The molecule has 2 rings (SSSR count). The van der Waals surface area contributed by atoms with Crippen molar-refractivity contribution in [2.75, 3.05) is 0 Å². The molecule has 0 saturated heterocycles. The van der Waals surface area contributed by atoms with Crippen molar-refractivity contribution in [3.05, 3.63) is 24.3 Å². The van der Waals surface area contributed by atoms with Crippen LogP contribution in [-0.4, -0.2) is 25.7 Å². The number of alkyl halides is 2. The maximum Gasteiger partial charge on any atom is 0.409 e. The third kappa shape index (κ3) is 3.06. The van der Waals surface area contributed by atoms with E-state index in [1.54, 1.807) is 0 Å². The standard InChI is InChI=1S/C12H13F2NO4S/c13-12(14)5-4-10(7-12)20(17,18)9-3-1-2-8(6-9)19-11(15)16/h1-3,6,10H,4-5,7H2,(H2,15,16). The zero-order chi connectivity index (χ0) is 15.0. The molecule has 0 heterocycles. The molecular formula is C12H13F2NO4S. The second kappa shape index (κ2) is 5.01. The average Bonchev–Trinajstić information content (AvgIpc) is 2.70. The number of hydrogen-bond acceptors (Lipinski definition) is 4. The zero-order valence-corrected chi connectivity index (χ0v) is 11.2. The van der Waals surface area contributed by atoms with Gasteiger partial charge in [-0.1, -0.05) is 6.07 Å². The van der Waals surface area contributed by atoms with Gasteiger partial charge >= 0.3 is 6.09 Å². The fraction of sp³-hybridized carbons (Fsp3) is 0.417. The van der Waals surface area contributed by atoms with E-state index in [0.29, 0.717) is 0 Å². The van der Waals surface area contributed by atoms with Crippen LogP contribution in [0.4, 0.5) is 13.6 Å². The molecular weight excluding hydrogens is 292 g/mol. The number of carbonyl (C=O) groups excluding carboxylic acids is 1. The lowest BCUT2D eigenvalue weighted by Crippen LogP contribution is -2.21. The van der Waals surface area contributed by atoms with Crippen LogP contribution in [0.1, 0.15) is 19.3 Å². The molecule has 1 saturated carbocycles. The van der Waals surface area contributed by atoms with E-state index in [1.807, 2.05) is 0 Å². The molecule has 0 aromatic heterocycles. The molecule has 1 unspecified atom stereocenters. The van der Waals surface area contributed by atoms with Crippen molar-refractivity contribution in [1.29, 1.82) is 0 Å². The van der Waals surface area contributed by atoms with Crippen LogP contribution in [0.5, 0.6) is 5.75 Å². The van der Waals surface area contributed by atoms with Crippen molar-refractivity contribution in [3.63, 3.8) is 0 Å². The molecule has 8 heteroatoms.